The van der Waals surface area contributed by atoms with Crippen LogP contribution in [0.5, 0.6) is 0 Å². The molecule has 0 atom stereocenters. The molecule has 1 aliphatic heterocycles. The van der Waals surface area contributed by atoms with Crippen molar-refractivity contribution in [2.75, 3.05) is 6.54 Å². The summed E-state index contributed by atoms with van der Waals surface area (Å²) in [4.78, 5) is 14.4. The lowest BCUT2D eigenvalue weighted by atomic mass is 10.0. The molecule has 20 heavy (non-hydrogen) atoms. The first kappa shape index (κ1) is 13.0. The minimum absolute atomic E-state index is 0.230. The number of amides is 1. The summed E-state index contributed by atoms with van der Waals surface area (Å²) in [5.41, 5.74) is 4.98. The predicted octanol–water partition coefficient (Wildman–Crippen LogP) is 2.46. The zero-order valence-electron chi connectivity index (χ0n) is 12.1. The molecule has 1 aromatic heterocycles. The average Bonchev–Trinajstić information content (AvgIpc) is 2.82. The molecule has 0 spiro atoms. The maximum absolute atomic E-state index is 12.5. The molecule has 0 fully saturated rings. The lowest BCUT2D eigenvalue weighted by Crippen LogP contribution is -2.37. The third-order valence-electron chi connectivity index (χ3n) is 4.23. The highest BCUT2D eigenvalue weighted by molar-refractivity contribution is 5.79. The maximum Gasteiger partial charge on any atom is 0.227 e. The predicted molar refractivity (Wildman–Crippen MR) is 79.4 cm³/mol. The van der Waals surface area contributed by atoms with Crippen molar-refractivity contribution in [3.05, 3.63) is 58.9 Å². The molecule has 0 N–H and O–H groups in total. The lowest BCUT2D eigenvalue weighted by molar-refractivity contribution is -0.131. The van der Waals surface area contributed by atoms with Gasteiger partial charge in [-0.3, -0.25) is 4.79 Å². The average molecular weight is 268 g/mol. The number of carbonyl (C=O) groups is 1. The Morgan fingerprint density at radius 1 is 1.25 bits per heavy atom. The van der Waals surface area contributed by atoms with Gasteiger partial charge in [-0.05, 0) is 29.7 Å². The van der Waals surface area contributed by atoms with E-state index < -0.39 is 0 Å². The summed E-state index contributed by atoms with van der Waals surface area (Å²) in [5.74, 6) is 0.230. The van der Waals surface area contributed by atoms with Gasteiger partial charge in [0.1, 0.15) is 0 Å². The molecule has 0 saturated carbocycles. The number of aryl methyl sites for hydroxylation is 2. The number of aromatic nitrogens is 1. The summed E-state index contributed by atoms with van der Waals surface area (Å²) >= 11 is 0. The van der Waals surface area contributed by atoms with E-state index in [2.05, 4.69) is 36.9 Å². The van der Waals surface area contributed by atoms with Gasteiger partial charge in [0.15, 0.2) is 0 Å². The summed E-state index contributed by atoms with van der Waals surface area (Å²) in [6.07, 6.45) is 3.55. The second-order valence-corrected chi connectivity index (χ2v) is 5.57. The van der Waals surface area contributed by atoms with Gasteiger partial charge in [0, 0.05) is 38.4 Å². The van der Waals surface area contributed by atoms with E-state index in [1.54, 1.807) is 0 Å². The molecule has 2 aromatic rings. The van der Waals surface area contributed by atoms with E-state index in [4.69, 9.17) is 0 Å². The molecule has 1 aromatic carbocycles. The highest BCUT2D eigenvalue weighted by atomic mass is 16.2. The zero-order valence-corrected chi connectivity index (χ0v) is 12.1. The van der Waals surface area contributed by atoms with E-state index >= 15 is 0 Å². The van der Waals surface area contributed by atoms with Gasteiger partial charge in [-0.15, -0.1) is 0 Å². The molecule has 0 aliphatic carbocycles. The number of fused-ring (bicyclic) bond motifs is 1. The molecule has 0 unspecified atom stereocenters. The van der Waals surface area contributed by atoms with Gasteiger partial charge in [-0.1, -0.05) is 24.3 Å². The number of nitrogens with zero attached hydrogens (tertiary/aromatic N) is 2. The number of rotatable bonds is 2. The first-order chi connectivity index (χ1) is 9.65. The Kier molecular flexibility index (Phi) is 3.35. The first-order valence-corrected chi connectivity index (χ1v) is 7.10. The number of hydrogen-bond acceptors (Lipinski definition) is 1. The molecule has 3 heteroatoms. The molecule has 0 radical (unpaired) electrons. The monoisotopic (exact) mass is 268 g/mol. The Morgan fingerprint density at radius 3 is 2.85 bits per heavy atom. The van der Waals surface area contributed by atoms with Crippen LogP contribution in [0.4, 0.5) is 0 Å². The normalized spacial score (nSPS) is 14.2. The minimum atomic E-state index is 0.230. The standard InChI is InChI=1S/C17H20N2O/c1-13-5-3-4-6-14(13)11-17(20)19-10-8-16-15(12-19)7-9-18(16)2/h3-7,9H,8,10-12H2,1-2H3. The van der Waals surface area contributed by atoms with Crippen LogP contribution in [0, 0.1) is 6.92 Å². The number of benzene rings is 1. The van der Waals surface area contributed by atoms with Crippen molar-refractivity contribution in [1.82, 2.24) is 9.47 Å². The van der Waals surface area contributed by atoms with Crippen molar-refractivity contribution in [2.45, 2.75) is 26.3 Å². The van der Waals surface area contributed by atoms with Crippen LogP contribution in [0.2, 0.25) is 0 Å². The van der Waals surface area contributed by atoms with Gasteiger partial charge in [0.05, 0.1) is 6.42 Å². The van der Waals surface area contributed by atoms with Crippen LogP contribution in [-0.2, 0) is 31.2 Å². The Bertz CT molecular complexity index is 642. The Morgan fingerprint density at radius 2 is 2.05 bits per heavy atom. The highest BCUT2D eigenvalue weighted by Crippen LogP contribution is 2.20. The van der Waals surface area contributed by atoms with Gasteiger partial charge in [0.25, 0.3) is 0 Å². The Balaban J connectivity index is 1.72. The maximum atomic E-state index is 12.5. The molecule has 104 valence electrons. The lowest BCUT2D eigenvalue weighted by Gasteiger charge is -2.28. The molecule has 1 amide bonds. The van der Waals surface area contributed by atoms with E-state index in [1.165, 1.54) is 16.8 Å². The number of carbonyl (C=O) groups excluding carboxylic acids is 1. The van der Waals surface area contributed by atoms with Crippen molar-refractivity contribution in [3.63, 3.8) is 0 Å². The van der Waals surface area contributed by atoms with E-state index in [9.17, 15) is 4.79 Å². The largest absolute Gasteiger partial charge is 0.354 e. The van der Waals surface area contributed by atoms with Crippen LogP contribution < -0.4 is 0 Å². The van der Waals surface area contributed by atoms with E-state index in [1.807, 2.05) is 23.1 Å². The Hall–Kier alpha value is -2.03. The molecule has 3 nitrogen and oxygen atoms in total. The molecule has 0 bridgehead atoms. The van der Waals surface area contributed by atoms with Crippen molar-refractivity contribution in [2.24, 2.45) is 7.05 Å². The summed E-state index contributed by atoms with van der Waals surface area (Å²) in [7, 11) is 2.07. The topological polar surface area (TPSA) is 25.2 Å². The molecule has 1 aliphatic rings. The third-order valence-corrected chi connectivity index (χ3v) is 4.23. The van der Waals surface area contributed by atoms with Crippen molar-refractivity contribution < 1.29 is 4.79 Å². The molecule has 2 heterocycles. The van der Waals surface area contributed by atoms with E-state index in [0.717, 1.165) is 25.1 Å². The second kappa shape index (κ2) is 5.16. The third kappa shape index (κ3) is 2.36. The minimum Gasteiger partial charge on any atom is -0.354 e. The van der Waals surface area contributed by atoms with Crippen LogP contribution in [0.25, 0.3) is 0 Å². The second-order valence-electron chi connectivity index (χ2n) is 5.57. The molecule has 0 saturated heterocycles. The fourth-order valence-corrected chi connectivity index (χ4v) is 2.92. The smallest absolute Gasteiger partial charge is 0.227 e. The van der Waals surface area contributed by atoms with Crippen LogP contribution in [0.3, 0.4) is 0 Å². The van der Waals surface area contributed by atoms with Gasteiger partial charge in [0.2, 0.25) is 5.91 Å². The summed E-state index contributed by atoms with van der Waals surface area (Å²) in [6.45, 7) is 3.64. The van der Waals surface area contributed by atoms with Crippen LogP contribution in [-0.4, -0.2) is 21.9 Å². The van der Waals surface area contributed by atoms with Crippen LogP contribution in [0.15, 0.2) is 36.5 Å². The van der Waals surface area contributed by atoms with Gasteiger partial charge >= 0.3 is 0 Å². The van der Waals surface area contributed by atoms with Crippen LogP contribution >= 0.6 is 0 Å². The van der Waals surface area contributed by atoms with E-state index in [-0.39, 0.29) is 5.91 Å². The summed E-state index contributed by atoms with van der Waals surface area (Å²) < 4.78 is 2.17. The molecular weight excluding hydrogens is 248 g/mol. The molecule has 3 rings (SSSR count). The van der Waals surface area contributed by atoms with Crippen molar-refractivity contribution in [3.8, 4) is 0 Å². The molecular formula is C17H20N2O. The first-order valence-electron chi connectivity index (χ1n) is 7.10. The number of hydrogen-bond donors (Lipinski definition) is 0. The fourth-order valence-electron chi connectivity index (χ4n) is 2.92. The van der Waals surface area contributed by atoms with E-state index in [0.29, 0.717) is 6.42 Å². The zero-order chi connectivity index (χ0) is 14.1. The van der Waals surface area contributed by atoms with Crippen molar-refractivity contribution >= 4 is 5.91 Å². The highest BCUT2D eigenvalue weighted by Gasteiger charge is 2.22. The van der Waals surface area contributed by atoms with Gasteiger partial charge in [-0.25, -0.2) is 0 Å². The Labute approximate surface area is 119 Å². The fraction of sp³-hybridized carbons (Fsp3) is 0.353. The summed E-state index contributed by atoms with van der Waals surface area (Å²) in [5, 5.41) is 0. The van der Waals surface area contributed by atoms with Crippen molar-refractivity contribution in [1.29, 1.82) is 0 Å². The van der Waals surface area contributed by atoms with Gasteiger partial charge < -0.3 is 9.47 Å². The summed E-state index contributed by atoms with van der Waals surface area (Å²) in [6, 6.07) is 10.3. The quantitative estimate of drug-likeness (QED) is 0.821. The SMILES string of the molecule is Cc1ccccc1CC(=O)N1CCc2c(ccn2C)C1. The van der Waals surface area contributed by atoms with Crippen LogP contribution in [0.1, 0.15) is 22.4 Å². The van der Waals surface area contributed by atoms with Gasteiger partial charge in [-0.2, -0.15) is 0 Å².